The lowest BCUT2D eigenvalue weighted by Crippen LogP contribution is -2.60. The van der Waals surface area contributed by atoms with Crippen LogP contribution in [0.4, 0.5) is 0 Å². The number of hydrogen-bond donors (Lipinski definition) is 3. The zero-order valence-electron chi connectivity index (χ0n) is 16.0. The van der Waals surface area contributed by atoms with Gasteiger partial charge >= 0.3 is 11.9 Å². The van der Waals surface area contributed by atoms with Crippen molar-refractivity contribution in [1.29, 1.82) is 0 Å². The fourth-order valence-corrected chi connectivity index (χ4v) is 3.78. The number of ether oxygens (including phenoxy) is 1. The van der Waals surface area contributed by atoms with Gasteiger partial charge in [-0.1, -0.05) is 62.4 Å². The van der Waals surface area contributed by atoms with Gasteiger partial charge < -0.3 is 20.7 Å². The highest BCUT2D eigenvalue weighted by Gasteiger charge is 2.51. The number of carboxylic acids is 1. The lowest BCUT2D eigenvalue weighted by molar-refractivity contribution is -0.183. The maximum absolute atomic E-state index is 12.6. The number of carbonyl (C=O) groups excluding carboxylic acids is 1. The van der Waals surface area contributed by atoms with Gasteiger partial charge in [0, 0.05) is 5.92 Å². The molecule has 0 fully saturated rings. The number of nitrogens with two attached hydrogens (primary N) is 1. The van der Waals surface area contributed by atoms with E-state index in [-0.39, 0.29) is 24.9 Å². The van der Waals surface area contributed by atoms with Gasteiger partial charge in [-0.3, -0.25) is 0 Å². The van der Waals surface area contributed by atoms with Crippen LogP contribution in [-0.2, 0) is 14.3 Å². The molecule has 148 valence electrons. The second-order valence-corrected chi connectivity index (χ2v) is 7.63. The summed E-state index contributed by atoms with van der Waals surface area (Å²) >= 11 is 0. The lowest BCUT2D eigenvalue weighted by Gasteiger charge is -2.29. The van der Waals surface area contributed by atoms with Crippen molar-refractivity contribution in [2.24, 2.45) is 11.7 Å². The van der Waals surface area contributed by atoms with E-state index in [1.807, 2.05) is 62.4 Å². The fraction of sp³-hybridized carbons (Fsp3) is 0.364. The number of benzene rings is 2. The SMILES string of the molecule is CC(C)C[C@H](N)[C@@](O)(C(=O)O)C(=O)OCC1c2ccccc2-c2ccccc21. The topological polar surface area (TPSA) is 110 Å². The second-order valence-electron chi connectivity index (χ2n) is 7.63. The minimum atomic E-state index is -2.78. The van der Waals surface area contributed by atoms with E-state index in [4.69, 9.17) is 10.5 Å². The minimum Gasteiger partial charge on any atom is -0.479 e. The molecule has 0 amide bonds. The Kier molecular flexibility index (Phi) is 5.54. The van der Waals surface area contributed by atoms with Crippen molar-refractivity contribution in [1.82, 2.24) is 0 Å². The molecule has 3 rings (SSSR count). The van der Waals surface area contributed by atoms with Gasteiger partial charge in [0.15, 0.2) is 0 Å². The van der Waals surface area contributed by atoms with E-state index in [1.54, 1.807) is 0 Å². The van der Waals surface area contributed by atoms with Gasteiger partial charge in [0.25, 0.3) is 5.60 Å². The number of esters is 1. The Labute approximate surface area is 163 Å². The van der Waals surface area contributed by atoms with Gasteiger partial charge in [0.05, 0.1) is 6.04 Å². The molecule has 0 unspecified atom stereocenters. The van der Waals surface area contributed by atoms with Crippen LogP contribution < -0.4 is 5.73 Å². The number of hydrogen-bond acceptors (Lipinski definition) is 5. The first kappa shape index (κ1) is 20.0. The predicted molar refractivity (Wildman–Crippen MR) is 105 cm³/mol. The maximum atomic E-state index is 12.6. The molecule has 0 saturated carbocycles. The zero-order chi connectivity index (χ0) is 20.5. The summed E-state index contributed by atoms with van der Waals surface area (Å²) in [5.41, 5.74) is 7.21. The van der Waals surface area contributed by atoms with Gasteiger partial charge in [0.1, 0.15) is 6.61 Å². The molecule has 0 spiro atoms. The Morgan fingerprint density at radius 1 is 1.07 bits per heavy atom. The summed E-state index contributed by atoms with van der Waals surface area (Å²) < 4.78 is 5.32. The van der Waals surface area contributed by atoms with E-state index in [0.29, 0.717) is 0 Å². The highest BCUT2D eigenvalue weighted by Crippen LogP contribution is 2.44. The highest BCUT2D eigenvalue weighted by molar-refractivity contribution is 6.03. The third-order valence-electron chi connectivity index (χ3n) is 5.24. The molecule has 0 radical (unpaired) electrons. The van der Waals surface area contributed by atoms with E-state index < -0.39 is 23.6 Å². The van der Waals surface area contributed by atoms with Crippen molar-refractivity contribution in [3.05, 3.63) is 59.7 Å². The van der Waals surface area contributed by atoms with Crippen molar-refractivity contribution < 1.29 is 24.5 Å². The largest absolute Gasteiger partial charge is 0.479 e. The average molecular weight is 383 g/mol. The first-order chi connectivity index (χ1) is 13.3. The van der Waals surface area contributed by atoms with Crippen LogP contribution in [0.15, 0.2) is 48.5 Å². The summed E-state index contributed by atoms with van der Waals surface area (Å²) in [6, 6.07) is 14.4. The van der Waals surface area contributed by atoms with Crippen LogP contribution in [-0.4, -0.2) is 40.4 Å². The second kappa shape index (κ2) is 7.73. The van der Waals surface area contributed by atoms with Gasteiger partial charge in [-0.2, -0.15) is 0 Å². The molecule has 6 heteroatoms. The van der Waals surface area contributed by atoms with Crippen LogP contribution in [0.3, 0.4) is 0 Å². The first-order valence-corrected chi connectivity index (χ1v) is 9.33. The van der Waals surface area contributed by atoms with Crippen LogP contribution in [0.1, 0.15) is 37.3 Å². The number of aliphatic carboxylic acids is 1. The number of fused-ring (bicyclic) bond motifs is 3. The molecule has 1 aliphatic rings. The summed E-state index contributed by atoms with van der Waals surface area (Å²) in [7, 11) is 0. The van der Waals surface area contributed by atoms with Crippen LogP contribution in [0, 0.1) is 5.92 Å². The van der Waals surface area contributed by atoms with Gasteiger partial charge in [-0.25, -0.2) is 9.59 Å². The average Bonchev–Trinajstić information content (AvgIpc) is 2.98. The van der Waals surface area contributed by atoms with Crippen molar-refractivity contribution in [2.45, 2.75) is 37.8 Å². The molecule has 2 atom stereocenters. The summed E-state index contributed by atoms with van der Waals surface area (Å²) in [5, 5.41) is 20.0. The van der Waals surface area contributed by atoms with Gasteiger partial charge in [-0.05, 0) is 34.6 Å². The Hall–Kier alpha value is -2.70. The number of carboxylic acid groups (broad SMARTS) is 1. The Morgan fingerprint density at radius 2 is 1.57 bits per heavy atom. The number of rotatable bonds is 7. The normalized spacial score (nSPS) is 16.2. The third kappa shape index (κ3) is 3.41. The monoisotopic (exact) mass is 383 g/mol. The molecule has 0 bridgehead atoms. The molecule has 2 aromatic carbocycles. The fourth-order valence-electron chi connectivity index (χ4n) is 3.78. The standard InChI is InChI=1S/C22H25NO5/c1-13(2)11-19(23)22(27,20(24)25)21(26)28-12-18-16-9-5-3-7-14(16)15-8-4-6-10-17(15)18/h3-10,13,18-19,27H,11-12,23H2,1-2H3,(H,24,25)/t19-,22+/m0/s1. The van der Waals surface area contributed by atoms with Crippen molar-refractivity contribution in [3.63, 3.8) is 0 Å². The van der Waals surface area contributed by atoms with E-state index in [0.717, 1.165) is 22.3 Å². The third-order valence-corrected chi connectivity index (χ3v) is 5.24. The van der Waals surface area contributed by atoms with Gasteiger partial charge in [-0.15, -0.1) is 0 Å². The predicted octanol–water partition coefficient (Wildman–Crippen LogP) is 2.53. The van der Waals surface area contributed by atoms with E-state index in [1.165, 1.54) is 0 Å². The summed E-state index contributed by atoms with van der Waals surface area (Å²) in [5.74, 6) is -3.13. The smallest absolute Gasteiger partial charge is 0.351 e. The van der Waals surface area contributed by atoms with Crippen molar-refractivity contribution in [2.75, 3.05) is 6.61 Å². The summed E-state index contributed by atoms with van der Waals surface area (Å²) in [6.45, 7) is 3.59. The zero-order valence-corrected chi connectivity index (χ0v) is 16.0. The van der Waals surface area contributed by atoms with Crippen LogP contribution in [0.25, 0.3) is 11.1 Å². The maximum Gasteiger partial charge on any atom is 0.351 e. The van der Waals surface area contributed by atoms with Crippen LogP contribution in [0.5, 0.6) is 0 Å². The number of aliphatic hydroxyl groups is 1. The molecule has 28 heavy (non-hydrogen) atoms. The molecular weight excluding hydrogens is 358 g/mol. The quantitative estimate of drug-likeness (QED) is 0.501. The highest BCUT2D eigenvalue weighted by atomic mass is 16.6. The molecule has 0 saturated heterocycles. The summed E-state index contributed by atoms with van der Waals surface area (Å²) in [4.78, 5) is 24.2. The van der Waals surface area contributed by atoms with E-state index in [2.05, 4.69) is 0 Å². The Morgan fingerprint density at radius 3 is 2.04 bits per heavy atom. The molecule has 0 heterocycles. The molecule has 0 aromatic heterocycles. The van der Waals surface area contributed by atoms with Gasteiger partial charge in [0.2, 0.25) is 0 Å². The first-order valence-electron chi connectivity index (χ1n) is 9.33. The lowest BCUT2D eigenvalue weighted by atomic mass is 9.88. The molecule has 2 aromatic rings. The van der Waals surface area contributed by atoms with E-state index in [9.17, 15) is 19.8 Å². The van der Waals surface area contributed by atoms with Crippen LogP contribution >= 0.6 is 0 Å². The number of carbonyl (C=O) groups is 2. The molecule has 4 N–H and O–H groups in total. The molecule has 6 nitrogen and oxygen atoms in total. The van der Waals surface area contributed by atoms with Crippen molar-refractivity contribution >= 4 is 11.9 Å². The molecule has 1 aliphatic carbocycles. The van der Waals surface area contributed by atoms with Crippen LogP contribution in [0.2, 0.25) is 0 Å². The minimum absolute atomic E-state index is 0.0160. The Bertz CT molecular complexity index is 849. The Balaban J connectivity index is 1.83. The molecule has 0 aliphatic heterocycles. The van der Waals surface area contributed by atoms with E-state index >= 15 is 0 Å². The van der Waals surface area contributed by atoms with Crippen molar-refractivity contribution in [3.8, 4) is 11.1 Å². The summed E-state index contributed by atoms with van der Waals surface area (Å²) in [6.07, 6.45) is 0.174. The molecular formula is C22H25NO5.